The maximum Gasteiger partial charge on any atom is 0.508 e. The zero-order valence-corrected chi connectivity index (χ0v) is 8.69. The molecule has 0 aliphatic heterocycles. The lowest BCUT2D eigenvalue weighted by atomic mass is 10.7. The first-order chi connectivity index (χ1) is 7.20. The highest BCUT2D eigenvalue weighted by molar-refractivity contribution is 5.59. The first-order valence-electron chi connectivity index (χ1n) is 4.20. The fraction of sp³-hybridized carbons (Fsp3) is 0.750. The number of carbonyl (C=O) groups excluding carboxylic acids is 2. The molecule has 0 heterocycles. The van der Waals surface area contributed by atoms with E-state index in [1.165, 1.54) is 14.2 Å². The molecule has 0 unspecified atom stereocenters. The van der Waals surface area contributed by atoms with Crippen LogP contribution in [0.1, 0.15) is 0 Å². The Labute approximate surface area is 87.2 Å². The van der Waals surface area contributed by atoms with Crippen LogP contribution in [-0.2, 0) is 23.7 Å². The summed E-state index contributed by atoms with van der Waals surface area (Å²) in [6, 6.07) is 0. The van der Waals surface area contributed by atoms with E-state index in [1.54, 1.807) is 0 Å². The van der Waals surface area contributed by atoms with Crippen molar-refractivity contribution < 1.29 is 33.3 Å². The van der Waals surface area contributed by atoms with Crippen molar-refractivity contribution in [3.63, 3.8) is 0 Å². The van der Waals surface area contributed by atoms with Gasteiger partial charge in [0.1, 0.15) is 13.2 Å². The molecule has 0 rings (SSSR count). The van der Waals surface area contributed by atoms with Gasteiger partial charge < -0.3 is 23.7 Å². The molecule has 88 valence electrons. The standard InChI is InChI=1S/C8H14O7/c1-11-7(9)14-5-3-13-4-6-15-8(10)12-2/h3-6H2,1-2H3. The fourth-order valence-electron chi connectivity index (χ4n) is 0.588. The van der Waals surface area contributed by atoms with Crippen LogP contribution in [0.2, 0.25) is 0 Å². The Bertz CT molecular complexity index is 171. The van der Waals surface area contributed by atoms with Crippen LogP contribution in [-0.4, -0.2) is 53.0 Å². The molecule has 0 spiro atoms. The number of rotatable bonds is 6. The van der Waals surface area contributed by atoms with Crippen LogP contribution in [0.25, 0.3) is 0 Å². The van der Waals surface area contributed by atoms with Crippen molar-refractivity contribution in [3.8, 4) is 0 Å². The van der Waals surface area contributed by atoms with E-state index >= 15 is 0 Å². The van der Waals surface area contributed by atoms with E-state index in [0.29, 0.717) is 0 Å². The highest BCUT2D eigenvalue weighted by Crippen LogP contribution is 1.85. The van der Waals surface area contributed by atoms with Crippen molar-refractivity contribution in [2.24, 2.45) is 0 Å². The maximum atomic E-state index is 10.4. The lowest BCUT2D eigenvalue weighted by Gasteiger charge is -2.05. The number of ether oxygens (including phenoxy) is 5. The minimum absolute atomic E-state index is 0.0882. The summed E-state index contributed by atoms with van der Waals surface area (Å²) in [5, 5.41) is 0. The summed E-state index contributed by atoms with van der Waals surface area (Å²) in [6.07, 6.45) is -1.52. The predicted octanol–water partition coefficient (Wildman–Crippen LogP) is 0.569. The van der Waals surface area contributed by atoms with Crippen molar-refractivity contribution in [1.82, 2.24) is 0 Å². The molecule has 0 aliphatic rings. The number of carbonyl (C=O) groups is 2. The van der Waals surface area contributed by atoms with E-state index < -0.39 is 12.3 Å². The molecule has 7 nitrogen and oxygen atoms in total. The SMILES string of the molecule is COC(=O)OCCOCCOC(=O)OC. The molecule has 0 saturated heterocycles. The second-order valence-electron chi connectivity index (χ2n) is 2.22. The highest BCUT2D eigenvalue weighted by atomic mass is 16.7. The van der Waals surface area contributed by atoms with Gasteiger partial charge in [-0.1, -0.05) is 0 Å². The van der Waals surface area contributed by atoms with Gasteiger partial charge in [-0.25, -0.2) is 9.59 Å². The first-order valence-corrected chi connectivity index (χ1v) is 4.20. The van der Waals surface area contributed by atoms with Gasteiger partial charge in [0.25, 0.3) is 0 Å². The van der Waals surface area contributed by atoms with Crippen LogP contribution >= 0.6 is 0 Å². The average Bonchev–Trinajstić information content (AvgIpc) is 2.26. The molecule has 0 aromatic rings. The second-order valence-corrected chi connectivity index (χ2v) is 2.22. The Hall–Kier alpha value is -1.50. The highest BCUT2D eigenvalue weighted by Gasteiger charge is 2.00. The van der Waals surface area contributed by atoms with Crippen molar-refractivity contribution in [1.29, 1.82) is 0 Å². The Balaban J connectivity index is 3.11. The smallest absolute Gasteiger partial charge is 0.438 e. The third-order valence-electron chi connectivity index (χ3n) is 1.23. The van der Waals surface area contributed by atoms with E-state index in [4.69, 9.17) is 4.74 Å². The molecular weight excluding hydrogens is 208 g/mol. The van der Waals surface area contributed by atoms with Crippen LogP contribution in [0.15, 0.2) is 0 Å². The number of hydrogen-bond donors (Lipinski definition) is 0. The van der Waals surface area contributed by atoms with Gasteiger partial charge in [-0.2, -0.15) is 0 Å². The molecule has 0 radical (unpaired) electrons. The van der Waals surface area contributed by atoms with Gasteiger partial charge in [0.05, 0.1) is 27.4 Å². The topological polar surface area (TPSA) is 80.3 Å². The van der Waals surface area contributed by atoms with E-state index in [1.807, 2.05) is 0 Å². The van der Waals surface area contributed by atoms with Crippen molar-refractivity contribution in [2.75, 3.05) is 40.6 Å². The molecule has 0 amide bonds. The normalized spacial score (nSPS) is 9.20. The summed E-state index contributed by atoms with van der Waals surface area (Å²) < 4.78 is 22.4. The minimum Gasteiger partial charge on any atom is -0.438 e. The van der Waals surface area contributed by atoms with Gasteiger partial charge in [-0.05, 0) is 0 Å². The quantitative estimate of drug-likeness (QED) is 0.480. The van der Waals surface area contributed by atoms with Gasteiger partial charge in [0.15, 0.2) is 0 Å². The molecule has 0 aromatic heterocycles. The van der Waals surface area contributed by atoms with Crippen LogP contribution < -0.4 is 0 Å². The Morgan fingerprint density at radius 3 is 1.53 bits per heavy atom. The average molecular weight is 222 g/mol. The lowest BCUT2D eigenvalue weighted by molar-refractivity contribution is 0.0145. The third kappa shape index (κ3) is 8.82. The molecule has 0 saturated carbocycles. The zero-order chi connectivity index (χ0) is 11.5. The molecule has 0 bridgehead atoms. The van der Waals surface area contributed by atoms with Crippen molar-refractivity contribution in [3.05, 3.63) is 0 Å². The van der Waals surface area contributed by atoms with Gasteiger partial charge in [-0.15, -0.1) is 0 Å². The zero-order valence-electron chi connectivity index (χ0n) is 8.69. The Morgan fingerprint density at radius 2 is 1.20 bits per heavy atom. The molecular formula is C8H14O7. The maximum absolute atomic E-state index is 10.4. The van der Waals surface area contributed by atoms with E-state index in [2.05, 4.69) is 18.9 Å². The molecule has 0 aliphatic carbocycles. The molecule has 0 N–H and O–H groups in total. The van der Waals surface area contributed by atoms with Gasteiger partial charge in [-0.3, -0.25) is 0 Å². The van der Waals surface area contributed by atoms with Gasteiger partial charge in [0.2, 0.25) is 0 Å². The van der Waals surface area contributed by atoms with Gasteiger partial charge >= 0.3 is 12.3 Å². The third-order valence-corrected chi connectivity index (χ3v) is 1.23. The summed E-state index contributed by atoms with van der Waals surface area (Å²) in [4.78, 5) is 20.9. The predicted molar refractivity (Wildman–Crippen MR) is 47.5 cm³/mol. The monoisotopic (exact) mass is 222 g/mol. The summed E-state index contributed by atoms with van der Waals surface area (Å²) >= 11 is 0. The molecule has 0 aromatic carbocycles. The Morgan fingerprint density at radius 1 is 0.800 bits per heavy atom. The van der Waals surface area contributed by atoms with Crippen LogP contribution in [0, 0.1) is 0 Å². The summed E-state index contributed by atoms with van der Waals surface area (Å²) in [6.45, 7) is 0.592. The van der Waals surface area contributed by atoms with Gasteiger partial charge in [0, 0.05) is 0 Å². The van der Waals surface area contributed by atoms with Crippen molar-refractivity contribution in [2.45, 2.75) is 0 Å². The molecule has 0 atom stereocenters. The lowest BCUT2D eigenvalue weighted by Crippen LogP contribution is -2.14. The van der Waals surface area contributed by atoms with Crippen LogP contribution in [0.3, 0.4) is 0 Å². The summed E-state index contributed by atoms with van der Waals surface area (Å²) in [5.74, 6) is 0. The summed E-state index contributed by atoms with van der Waals surface area (Å²) in [7, 11) is 2.43. The Kier molecular flexibility index (Phi) is 8.16. The van der Waals surface area contributed by atoms with Crippen LogP contribution in [0.5, 0.6) is 0 Å². The summed E-state index contributed by atoms with van der Waals surface area (Å²) in [5.41, 5.74) is 0. The van der Waals surface area contributed by atoms with Crippen LogP contribution in [0.4, 0.5) is 9.59 Å². The number of hydrogen-bond acceptors (Lipinski definition) is 7. The molecule has 7 heteroatoms. The first kappa shape index (κ1) is 13.5. The van der Waals surface area contributed by atoms with E-state index in [9.17, 15) is 9.59 Å². The molecule has 15 heavy (non-hydrogen) atoms. The fourth-order valence-corrected chi connectivity index (χ4v) is 0.588. The molecule has 0 fully saturated rings. The van der Waals surface area contributed by atoms with E-state index in [0.717, 1.165) is 0 Å². The second kappa shape index (κ2) is 9.07. The largest absolute Gasteiger partial charge is 0.508 e. The number of methoxy groups -OCH3 is 2. The van der Waals surface area contributed by atoms with E-state index in [-0.39, 0.29) is 26.4 Å². The van der Waals surface area contributed by atoms with Crippen molar-refractivity contribution >= 4 is 12.3 Å². The minimum atomic E-state index is -0.760.